The molecule has 0 spiro atoms. The van der Waals surface area contributed by atoms with Gasteiger partial charge in [-0.3, -0.25) is 0 Å². The lowest BCUT2D eigenvalue weighted by Gasteiger charge is -2.06. The standard InChI is InChI=1S/C11H11NO2S/c1-7-3-4-10(13-2)8(5-7)9-6-14-11(15)12-9/h3-6H,1-2H3,(H,12,15). The van der Waals surface area contributed by atoms with Crippen LogP contribution in [0.15, 0.2) is 28.9 Å². The maximum absolute atomic E-state index is 5.27. The van der Waals surface area contributed by atoms with E-state index in [0.29, 0.717) is 4.84 Å². The predicted molar refractivity (Wildman–Crippen MR) is 60.6 cm³/mol. The summed E-state index contributed by atoms with van der Waals surface area (Å²) in [5.74, 6) is 0.799. The third-order valence-corrected chi connectivity index (χ3v) is 2.36. The third kappa shape index (κ3) is 1.94. The molecule has 15 heavy (non-hydrogen) atoms. The van der Waals surface area contributed by atoms with Crippen molar-refractivity contribution in [2.45, 2.75) is 6.92 Å². The number of H-pyrrole nitrogens is 1. The summed E-state index contributed by atoms with van der Waals surface area (Å²) in [7, 11) is 1.64. The van der Waals surface area contributed by atoms with Crippen molar-refractivity contribution >= 4 is 12.2 Å². The van der Waals surface area contributed by atoms with Gasteiger partial charge in [0.05, 0.1) is 12.8 Å². The van der Waals surface area contributed by atoms with Gasteiger partial charge in [0.1, 0.15) is 12.0 Å². The summed E-state index contributed by atoms with van der Waals surface area (Å²) in [5, 5.41) is 0. The molecule has 0 bridgehead atoms. The number of hydrogen-bond acceptors (Lipinski definition) is 3. The molecule has 0 saturated carbocycles. The van der Waals surface area contributed by atoms with E-state index in [1.807, 2.05) is 25.1 Å². The van der Waals surface area contributed by atoms with Crippen LogP contribution in [0.5, 0.6) is 5.75 Å². The Morgan fingerprint density at radius 2 is 2.20 bits per heavy atom. The summed E-state index contributed by atoms with van der Waals surface area (Å²) in [5.41, 5.74) is 2.95. The molecule has 0 unspecified atom stereocenters. The molecule has 0 aliphatic carbocycles. The number of rotatable bonds is 2. The second-order valence-corrected chi connectivity index (χ2v) is 3.64. The number of aryl methyl sites for hydroxylation is 1. The Morgan fingerprint density at radius 3 is 2.80 bits per heavy atom. The zero-order chi connectivity index (χ0) is 10.8. The van der Waals surface area contributed by atoms with E-state index in [0.717, 1.165) is 22.6 Å². The monoisotopic (exact) mass is 221 g/mol. The quantitative estimate of drug-likeness (QED) is 0.790. The summed E-state index contributed by atoms with van der Waals surface area (Å²) in [6.45, 7) is 2.03. The number of nitrogens with one attached hydrogen (secondary N) is 1. The minimum absolute atomic E-state index is 0.369. The van der Waals surface area contributed by atoms with Gasteiger partial charge < -0.3 is 14.1 Å². The average molecular weight is 221 g/mol. The Kier molecular flexibility index (Phi) is 2.60. The van der Waals surface area contributed by atoms with Crippen molar-refractivity contribution in [1.29, 1.82) is 0 Å². The molecule has 0 atom stereocenters. The molecule has 1 heterocycles. The molecule has 1 aromatic heterocycles. The Hall–Kier alpha value is -1.55. The van der Waals surface area contributed by atoms with Gasteiger partial charge in [-0.15, -0.1) is 0 Å². The second-order valence-electron chi connectivity index (χ2n) is 3.27. The van der Waals surface area contributed by atoms with Gasteiger partial charge in [-0.05, 0) is 31.3 Å². The minimum Gasteiger partial charge on any atom is -0.496 e. The largest absolute Gasteiger partial charge is 0.496 e. The summed E-state index contributed by atoms with van der Waals surface area (Å²) in [6, 6.07) is 5.94. The number of oxazole rings is 1. The van der Waals surface area contributed by atoms with Crippen molar-refractivity contribution in [3.8, 4) is 17.0 Å². The van der Waals surface area contributed by atoms with Crippen LogP contribution in [0.4, 0.5) is 0 Å². The van der Waals surface area contributed by atoms with E-state index in [4.69, 9.17) is 21.4 Å². The van der Waals surface area contributed by atoms with Gasteiger partial charge in [0.25, 0.3) is 4.84 Å². The molecular weight excluding hydrogens is 210 g/mol. The lowest BCUT2D eigenvalue weighted by atomic mass is 10.1. The molecule has 78 valence electrons. The van der Waals surface area contributed by atoms with Crippen LogP contribution in [0.25, 0.3) is 11.3 Å². The maximum atomic E-state index is 5.27. The van der Waals surface area contributed by atoms with Crippen LogP contribution >= 0.6 is 12.2 Å². The lowest BCUT2D eigenvalue weighted by molar-refractivity contribution is 0.416. The molecular formula is C11H11NO2S. The van der Waals surface area contributed by atoms with Gasteiger partial charge in [-0.1, -0.05) is 11.6 Å². The van der Waals surface area contributed by atoms with Gasteiger partial charge in [0, 0.05) is 5.56 Å². The Morgan fingerprint density at radius 1 is 1.40 bits per heavy atom. The number of aromatic amines is 1. The number of aromatic nitrogens is 1. The van der Waals surface area contributed by atoms with Crippen LogP contribution in [0.1, 0.15) is 5.56 Å². The first-order valence-electron chi connectivity index (χ1n) is 4.53. The molecule has 0 radical (unpaired) electrons. The van der Waals surface area contributed by atoms with Crippen LogP contribution in [-0.4, -0.2) is 12.1 Å². The number of benzene rings is 1. The van der Waals surface area contributed by atoms with E-state index in [1.165, 1.54) is 0 Å². The lowest BCUT2D eigenvalue weighted by Crippen LogP contribution is -1.88. The highest BCUT2D eigenvalue weighted by molar-refractivity contribution is 7.71. The summed E-state index contributed by atoms with van der Waals surface area (Å²) in [4.78, 5) is 3.33. The van der Waals surface area contributed by atoms with Crippen molar-refractivity contribution in [2.24, 2.45) is 0 Å². The van der Waals surface area contributed by atoms with Crippen LogP contribution in [-0.2, 0) is 0 Å². The topological polar surface area (TPSA) is 38.2 Å². The van der Waals surface area contributed by atoms with Crippen molar-refractivity contribution in [1.82, 2.24) is 4.98 Å². The van der Waals surface area contributed by atoms with Gasteiger partial charge >= 0.3 is 0 Å². The molecule has 1 aromatic carbocycles. The molecule has 1 N–H and O–H groups in total. The fourth-order valence-corrected chi connectivity index (χ4v) is 1.60. The normalized spacial score (nSPS) is 10.3. The summed E-state index contributed by atoms with van der Waals surface area (Å²) >= 11 is 4.88. The Labute approximate surface area is 92.7 Å². The highest BCUT2D eigenvalue weighted by atomic mass is 32.1. The van der Waals surface area contributed by atoms with Gasteiger partial charge in [0.15, 0.2) is 0 Å². The predicted octanol–water partition coefficient (Wildman–Crippen LogP) is 3.32. The van der Waals surface area contributed by atoms with Crippen LogP contribution < -0.4 is 4.74 Å². The molecule has 0 aliphatic rings. The Bertz CT molecular complexity index is 527. The van der Waals surface area contributed by atoms with Crippen LogP contribution in [0.3, 0.4) is 0 Å². The first-order chi connectivity index (χ1) is 7.20. The van der Waals surface area contributed by atoms with Crippen molar-refractivity contribution in [3.05, 3.63) is 34.9 Å². The molecule has 0 aliphatic heterocycles. The Balaban J connectivity index is 2.59. The van der Waals surface area contributed by atoms with Crippen molar-refractivity contribution < 1.29 is 9.15 Å². The molecule has 2 rings (SSSR count). The van der Waals surface area contributed by atoms with E-state index in [-0.39, 0.29) is 0 Å². The molecule has 0 saturated heterocycles. The molecule has 0 fully saturated rings. The first-order valence-corrected chi connectivity index (χ1v) is 4.94. The van der Waals surface area contributed by atoms with E-state index < -0.39 is 0 Å². The minimum atomic E-state index is 0.369. The van der Waals surface area contributed by atoms with Crippen molar-refractivity contribution in [3.63, 3.8) is 0 Å². The average Bonchev–Trinajstić information content (AvgIpc) is 2.65. The molecule has 2 aromatic rings. The van der Waals surface area contributed by atoms with E-state index in [1.54, 1.807) is 13.4 Å². The fourth-order valence-electron chi connectivity index (χ4n) is 1.44. The van der Waals surface area contributed by atoms with Gasteiger partial charge in [-0.25, -0.2) is 0 Å². The molecule has 4 heteroatoms. The number of methoxy groups -OCH3 is 1. The third-order valence-electron chi connectivity index (χ3n) is 2.17. The number of hydrogen-bond donors (Lipinski definition) is 1. The fraction of sp³-hybridized carbons (Fsp3) is 0.182. The first kappa shape index (κ1) is 9.98. The van der Waals surface area contributed by atoms with Crippen LogP contribution in [0, 0.1) is 11.8 Å². The van der Waals surface area contributed by atoms with Gasteiger partial charge in [-0.2, -0.15) is 0 Å². The van der Waals surface area contributed by atoms with E-state index >= 15 is 0 Å². The maximum Gasteiger partial charge on any atom is 0.266 e. The smallest absolute Gasteiger partial charge is 0.266 e. The van der Waals surface area contributed by atoms with E-state index in [9.17, 15) is 0 Å². The zero-order valence-electron chi connectivity index (χ0n) is 8.53. The second kappa shape index (κ2) is 3.90. The number of ether oxygens (including phenoxy) is 1. The molecule has 0 amide bonds. The van der Waals surface area contributed by atoms with E-state index in [2.05, 4.69) is 4.98 Å². The molecule has 3 nitrogen and oxygen atoms in total. The highest BCUT2D eigenvalue weighted by Crippen LogP contribution is 2.29. The highest BCUT2D eigenvalue weighted by Gasteiger charge is 2.07. The SMILES string of the molecule is COc1ccc(C)cc1-c1coc(=S)[nH]1. The summed E-state index contributed by atoms with van der Waals surface area (Å²) in [6.07, 6.45) is 1.60. The van der Waals surface area contributed by atoms with Crippen LogP contribution in [0.2, 0.25) is 0 Å². The van der Waals surface area contributed by atoms with Gasteiger partial charge in [0.2, 0.25) is 0 Å². The van der Waals surface area contributed by atoms with Crippen molar-refractivity contribution in [2.75, 3.05) is 7.11 Å². The summed E-state index contributed by atoms with van der Waals surface area (Å²) < 4.78 is 10.3. The zero-order valence-corrected chi connectivity index (χ0v) is 9.35.